The molecule has 0 saturated heterocycles. The van der Waals surface area contributed by atoms with Gasteiger partial charge in [0.15, 0.2) is 0 Å². The van der Waals surface area contributed by atoms with E-state index >= 15 is 0 Å². The zero-order valence-electron chi connectivity index (χ0n) is 14.0. The number of amides is 1. The zero-order valence-corrected chi connectivity index (χ0v) is 14.8. The molecule has 0 fully saturated rings. The molecule has 1 amide bonds. The topological polar surface area (TPSA) is 77.2 Å². The number of ether oxygens (including phenoxy) is 1. The number of hydrogen-bond acceptors (Lipinski definition) is 5. The molecule has 3 aromatic rings. The average Bonchev–Trinajstić information content (AvgIpc) is 3.13. The van der Waals surface area contributed by atoms with Crippen molar-refractivity contribution in [3.63, 3.8) is 0 Å². The van der Waals surface area contributed by atoms with Gasteiger partial charge in [-0.15, -0.1) is 0 Å². The lowest BCUT2D eigenvalue weighted by molar-refractivity contribution is -0.121. The highest BCUT2D eigenvalue weighted by Crippen LogP contribution is 2.24. The molecule has 0 saturated carbocycles. The lowest BCUT2D eigenvalue weighted by atomic mass is 10.2. The molecule has 0 radical (unpaired) electrons. The van der Waals surface area contributed by atoms with Crippen molar-refractivity contribution >= 4 is 17.5 Å². The molecule has 3 rings (SSSR count). The van der Waals surface area contributed by atoms with Crippen LogP contribution in [0.15, 0.2) is 59.1 Å². The van der Waals surface area contributed by atoms with Gasteiger partial charge < -0.3 is 14.6 Å². The van der Waals surface area contributed by atoms with Gasteiger partial charge in [0.2, 0.25) is 17.6 Å². The van der Waals surface area contributed by atoms with Gasteiger partial charge in [-0.2, -0.15) is 4.98 Å². The van der Waals surface area contributed by atoms with Crippen LogP contribution < -0.4 is 10.1 Å². The molecule has 0 spiro atoms. The standard InChI is InChI=1S/C19H18ClN3O3/c20-16-10-5-4-9-15(16)19-22-18(26-23-19)13-21-17(24)11-6-12-25-14-7-2-1-3-8-14/h1-5,7-10H,6,11-13H2,(H,21,24). The molecule has 26 heavy (non-hydrogen) atoms. The van der Waals surface area contributed by atoms with Gasteiger partial charge in [0.1, 0.15) is 5.75 Å². The van der Waals surface area contributed by atoms with Crippen LogP contribution >= 0.6 is 11.6 Å². The third-order valence-electron chi connectivity index (χ3n) is 3.58. The molecule has 1 heterocycles. The second-order valence-corrected chi connectivity index (χ2v) is 5.94. The number of nitrogens with zero attached hydrogens (tertiary/aromatic N) is 2. The third kappa shape index (κ3) is 5.07. The Morgan fingerprint density at radius 1 is 1.12 bits per heavy atom. The Morgan fingerprint density at radius 2 is 1.88 bits per heavy atom. The van der Waals surface area contributed by atoms with E-state index in [1.807, 2.05) is 48.5 Å². The minimum Gasteiger partial charge on any atom is -0.494 e. The fraction of sp³-hybridized carbons (Fsp3) is 0.211. The zero-order chi connectivity index (χ0) is 18.2. The molecule has 1 N–H and O–H groups in total. The quantitative estimate of drug-likeness (QED) is 0.608. The maximum absolute atomic E-state index is 11.9. The lowest BCUT2D eigenvalue weighted by Gasteiger charge is -2.05. The molecule has 0 atom stereocenters. The molecule has 1 aromatic heterocycles. The molecule has 7 heteroatoms. The van der Waals surface area contributed by atoms with Gasteiger partial charge in [-0.3, -0.25) is 4.79 Å². The van der Waals surface area contributed by atoms with Crippen LogP contribution in [0.3, 0.4) is 0 Å². The first-order chi connectivity index (χ1) is 12.7. The van der Waals surface area contributed by atoms with E-state index in [0.29, 0.717) is 41.7 Å². The first-order valence-electron chi connectivity index (χ1n) is 8.24. The first-order valence-corrected chi connectivity index (χ1v) is 8.62. The van der Waals surface area contributed by atoms with Crippen molar-refractivity contribution in [1.82, 2.24) is 15.5 Å². The molecular weight excluding hydrogens is 354 g/mol. The van der Waals surface area contributed by atoms with Crippen molar-refractivity contribution in [2.45, 2.75) is 19.4 Å². The van der Waals surface area contributed by atoms with Crippen LogP contribution in [0.5, 0.6) is 5.75 Å². The van der Waals surface area contributed by atoms with E-state index in [-0.39, 0.29) is 12.5 Å². The highest BCUT2D eigenvalue weighted by molar-refractivity contribution is 6.33. The Hall–Kier alpha value is -2.86. The summed E-state index contributed by atoms with van der Waals surface area (Å²) < 4.78 is 10.7. The number of carbonyl (C=O) groups excluding carboxylic acids is 1. The molecule has 0 aliphatic carbocycles. The Labute approximate surface area is 156 Å². The Bertz CT molecular complexity index is 852. The normalized spacial score (nSPS) is 10.5. The summed E-state index contributed by atoms with van der Waals surface area (Å²) in [7, 11) is 0. The number of halogens is 1. The monoisotopic (exact) mass is 371 g/mol. The van der Waals surface area contributed by atoms with Crippen LogP contribution in [0.25, 0.3) is 11.4 Å². The lowest BCUT2D eigenvalue weighted by Crippen LogP contribution is -2.23. The first kappa shape index (κ1) is 17.9. The van der Waals surface area contributed by atoms with E-state index in [4.69, 9.17) is 20.9 Å². The summed E-state index contributed by atoms with van der Waals surface area (Å²) in [4.78, 5) is 16.1. The predicted molar refractivity (Wildman–Crippen MR) is 97.8 cm³/mol. The smallest absolute Gasteiger partial charge is 0.246 e. The number of aromatic nitrogens is 2. The summed E-state index contributed by atoms with van der Waals surface area (Å²) in [6.07, 6.45) is 0.980. The summed E-state index contributed by atoms with van der Waals surface area (Å²) in [5.41, 5.74) is 0.688. The van der Waals surface area contributed by atoms with Crippen molar-refractivity contribution in [1.29, 1.82) is 0 Å². The van der Waals surface area contributed by atoms with Gasteiger partial charge in [-0.25, -0.2) is 0 Å². The summed E-state index contributed by atoms with van der Waals surface area (Å²) in [6.45, 7) is 0.657. The summed E-state index contributed by atoms with van der Waals surface area (Å²) in [5.74, 6) is 1.43. The fourth-order valence-electron chi connectivity index (χ4n) is 2.28. The van der Waals surface area contributed by atoms with E-state index in [0.717, 1.165) is 5.75 Å². The number of hydrogen-bond donors (Lipinski definition) is 1. The van der Waals surface area contributed by atoms with Gasteiger partial charge in [0.05, 0.1) is 18.2 Å². The van der Waals surface area contributed by atoms with Crippen LogP contribution in [0.4, 0.5) is 0 Å². The van der Waals surface area contributed by atoms with Crippen LogP contribution in [-0.4, -0.2) is 22.7 Å². The number of benzene rings is 2. The Kier molecular flexibility index (Phi) is 6.22. The van der Waals surface area contributed by atoms with Gasteiger partial charge >= 0.3 is 0 Å². The molecule has 2 aromatic carbocycles. The minimum absolute atomic E-state index is 0.0980. The largest absolute Gasteiger partial charge is 0.494 e. The average molecular weight is 372 g/mol. The molecular formula is C19H18ClN3O3. The number of rotatable bonds is 8. The van der Waals surface area contributed by atoms with E-state index in [2.05, 4.69) is 15.5 Å². The van der Waals surface area contributed by atoms with E-state index in [9.17, 15) is 4.79 Å². The molecule has 0 unspecified atom stereocenters. The predicted octanol–water partition coefficient (Wildman–Crippen LogP) is 3.87. The molecule has 0 bridgehead atoms. The highest BCUT2D eigenvalue weighted by atomic mass is 35.5. The van der Waals surface area contributed by atoms with Gasteiger partial charge in [-0.05, 0) is 30.7 Å². The Morgan fingerprint density at radius 3 is 2.69 bits per heavy atom. The van der Waals surface area contributed by atoms with Gasteiger partial charge in [0, 0.05) is 12.0 Å². The molecule has 0 aliphatic heterocycles. The summed E-state index contributed by atoms with van der Waals surface area (Å²) >= 11 is 6.11. The molecule has 0 aliphatic rings. The van der Waals surface area contributed by atoms with Gasteiger partial charge in [0.25, 0.3) is 0 Å². The van der Waals surface area contributed by atoms with E-state index < -0.39 is 0 Å². The number of carbonyl (C=O) groups is 1. The van der Waals surface area contributed by atoms with Crippen LogP contribution in [-0.2, 0) is 11.3 Å². The van der Waals surface area contributed by atoms with Crippen molar-refractivity contribution in [2.75, 3.05) is 6.61 Å². The third-order valence-corrected chi connectivity index (χ3v) is 3.91. The second kappa shape index (κ2) is 9.01. The summed E-state index contributed by atoms with van der Waals surface area (Å²) in [5, 5.41) is 7.19. The van der Waals surface area contributed by atoms with Crippen LogP contribution in [0.1, 0.15) is 18.7 Å². The number of nitrogens with one attached hydrogen (secondary N) is 1. The van der Waals surface area contributed by atoms with Crippen molar-refractivity contribution in [2.24, 2.45) is 0 Å². The SMILES string of the molecule is O=C(CCCOc1ccccc1)NCc1nc(-c2ccccc2Cl)no1. The fourth-order valence-corrected chi connectivity index (χ4v) is 2.50. The van der Waals surface area contributed by atoms with Crippen molar-refractivity contribution in [3.05, 3.63) is 65.5 Å². The van der Waals surface area contributed by atoms with Crippen molar-refractivity contribution in [3.8, 4) is 17.1 Å². The van der Waals surface area contributed by atoms with E-state index in [1.54, 1.807) is 6.07 Å². The molecule has 134 valence electrons. The molecule has 6 nitrogen and oxygen atoms in total. The van der Waals surface area contributed by atoms with Crippen LogP contribution in [0.2, 0.25) is 5.02 Å². The minimum atomic E-state index is -0.0980. The van der Waals surface area contributed by atoms with Crippen molar-refractivity contribution < 1.29 is 14.1 Å². The van der Waals surface area contributed by atoms with E-state index in [1.165, 1.54) is 0 Å². The highest BCUT2D eigenvalue weighted by Gasteiger charge is 2.12. The van der Waals surface area contributed by atoms with Crippen LogP contribution in [0, 0.1) is 0 Å². The number of para-hydroxylation sites is 1. The van der Waals surface area contributed by atoms with Gasteiger partial charge in [-0.1, -0.05) is 47.1 Å². The summed E-state index contributed by atoms with van der Waals surface area (Å²) in [6, 6.07) is 16.7. The Balaban J connectivity index is 1.40. The maximum Gasteiger partial charge on any atom is 0.246 e. The maximum atomic E-state index is 11.9. The second-order valence-electron chi connectivity index (χ2n) is 5.53.